The second-order valence-corrected chi connectivity index (χ2v) is 6.36. The number of nitrogens with zero attached hydrogens (tertiary/aromatic N) is 1. The van der Waals surface area contributed by atoms with Crippen molar-refractivity contribution in [2.45, 2.75) is 11.8 Å². The van der Waals surface area contributed by atoms with Gasteiger partial charge in [0.25, 0.3) is 10.0 Å². The van der Waals surface area contributed by atoms with E-state index >= 15 is 0 Å². The number of hydrogen-bond acceptors (Lipinski definition) is 5. The maximum Gasteiger partial charge on any atom is 0.312 e. The predicted octanol–water partition coefficient (Wildman–Crippen LogP) is 2.85. The lowest BCUT2D eigenvalue weighted by atomic mass is 10.2. The topological polar surface area (TPSA) is 98.5 Å². The zero-order valence-electron chi connectivity index (χ0n) is 12.2. The first kappa shape index (κ1) is 16.7. The largest absolute Gasteiger partial charge is 0.490 e. The Balaban J connectivity index is 2.43. The van der Waals surface area contributed by atoms with Crippen LogP contribution in [0.15, 0.2) is 41.3 Å². The molecule has 0 heterocycles. The molecule has 0 aliphatic rings. The van der Waals surface area contributed by atoms with Crippen LogP contribution in [0.1, 0.15) is 5.56 Å². The molecule has 2 aromatic carbocycles. The second-order valence-electron chi connectivity index (χ2n) is 4.68. The first-order valence-electron chi connectivity index (χ1n) is 6.36. The van der Waals surface area contributed by atoms with Crippen LogP contribution in [0.4, 0.5) is 15.8 Å². The van der Waals surface area contributed by atoms with Crippen LogP contribution >= 0.6 is 0 Å². The summed E-state index contributed by atoms with van der Waals surface area (Å²) in [7, 11) is -2.95. The maximum absolute atomic E-state index is 13.8. The maximum atomic E-state index is 13.8. The Bertz CT molecular complexity index is 867. The van der Waals surface area contributed by atoms with E-state index in [1.54, 1.807) is 6.92 Å². The quantitative estimate of drug-likeness (QED) is 0.666. The minimum absolute atomic E-state index is 0.0736. The van der Waals surface area contributed by atoms with Crippen LogP contribution < -0.4 is 9.46 Å². The highest BCUT2D eigenvalue weighted by molar-refractivity contribution is 7.92. The molecule has 7 nitrogen and oxygen atoms in total. The summed E-state index contributed by atoms with van der Waals surface area (Å²) >= 11 is 0. The van der Waals surface area contributed by atoms with Gasteiger partial charge in [0.2, 0.25) is 0 Å². The number of benzene rings is 2. The van der Waals surface area contributed by atoms with Gasteiger partial charge in [-0.15, -0.1) is 0 Å². The molecule has 0 saturated carbocycles. The highest BCUT2D eigenvalue weighted by Crippen LogP contribution is 2.30. The van der Waals surface area contributed by atoms with E-state index in [4.69, 9.17) is 4.74 Å². The fraction of sp³-hybridized carbons (Fsp3) is 0.143. The van der Waals surface area contributed by atoms with Crippen LogP contribution in [-0.4, -0.2) is 20.5 Å². The zero-order valence-corrected chi connectivity index (χ0v) is 13.1. The summed E-state index contributed by atoms with van der Waals surface area (Å²) in [6.07, 6.45) is 0. The smallest absolute Gasteiger partial charge is 0.312 e. The Kier molecular flexibility index (Phi) is 4.50. The van der Waals surface area contributed by atoms with Gasteiger partial charge in [0.1, 0.15) is 5.82 Å². The molecule has 0 bridgehead atoms. The molecule has 1 N–H and O–H groups in total. The van der Waals surface area contributed by atoms with Crippen molar-refractivity contribution in [2.75, 3.05) is 11.8 Å². The molecule has 0 spiro atoms. The lowest BCUT2D eigenvalue weighted by molar-refractivity contribution is -0.386. The third kappa shape index (κ3) is 3.57. The summed E-state index contributed by atoms with van der Waals surface area (Å²) in [6, 6.07) is 7.15. The average molecular weight is 340 g/mol. The van der Waals surface area contributed by atoms with E-state index in [0.29, 0.717) is 5.56 Å². The monoisotopic (exact) mass is 340 g/mol. The minimum atomic E-state index is -4.18. The van der Waals surface area contributed by atoms with E-state index in [-0.39, 0.29) is 16.3 Å². The summed E-state index contributed by atoms with van der Waals surface area (Å²) in [5.41, 5.74) is -0.112. The van der Waals surface area contributed by atoms with Crippen LogP contribution in [0.3, 0.4) is 0 Å². The minimum Gasteiger partial charge on any atom is -0.490 e. The van der Waals surface area contributed by atoms with Crippen molar-refractivity contribution in [3.8, 4) is 5.75 Å². The van der Waals surface area contributed by atoms with E-state index in [1.165, 1.54) is 25.3 Å². The van der Waals surface area contributed by atoms with Gasteiger partial charge in [-0.1, -0.05) is 6.07 Å². The van der Waals surface area contributed by atoms with Crippen LogP contribution in [0, 0.1) is 22.9 Å². The van der Waals surface area contributed by atoms with E-state index < -0.39 is 26.5 Å². The molecule has 2 aromatic rings. The molecule has 0 atom stereocenters. The Hall–Kier alpha value is -2.68. The zero-order chi connectivity index (χ0) is 17.2. The number of rotatable bonds is 5. The summed E-state index contributed by atoms with van der Waals surface area (Å²) < 4.78 is 45.2. The van der Waals surface area contributed by atoms with Crippen molar-refractivity contribution in [1.82, 2.24) is 0 Å². The van der Waals surface area contributed by atoms with Crippen molar-refractivity contribution in [2.24, 2.45) is 0 Å². The molecular formula is C14H13FN2O5S. The summed E-state index contributed by atoms with van der Waals surface area (Å²) in [6.45, 7) is 1.66. The van der Waals surface area contributed by atoms with Gasteiger partial charge in [-0.25, -0.2) is 12.8 Å². The SMILES string of the molecule is COc1ccc(S(=O)(=O)Nc2ccc(C)cc2F)cc1[N+](=O)[O-]. The van der Waals surface area contributed by atoms with E-state index in [1.807, 2.05) is 0 Å². The molecule has 0 unspecified atom stereocenters. The molecular weight excluding hydrogens is 327 g/mol. The highest BCUT2D eigenvalue weighted by Gasteiger charge is 2.22. The van der Waals surface area contributed by atoms with Crippen molar-refractivity contribution in [3.05, 3.63) is 57.9 Å². The lowest BCUT2D eigenvalue weighted by Gasteiger charge is -2.10. The molecule has 0 fully saturated rings. The van der Waals surface area contributed by atoms with E-state index in [9.17, 15) is 22.9 Å². The lowest BCUT2D eigenvalue weighted by Crippen LogP contribution is -2.14. The van der Waals surface area contributed by atoms with Crippen LogP contribution in [-0.2, 0) is 10.0 Å². The van der Waals surface area contributed by atoms with Crippen molar-refractivity contribution in [3.63, 3.8) is 0 Å². The normalized spacial score (nSPS) is 11.1. The Labute approximate surface area is 131 Å². The van der Waals surface area contributed by atoms with Gasteiger partial charge in [0, 0.05) is 6.07 Å². The van der Waals surface area contributed by atoms with Gasteiger partial charge < -0.3 is 4.74 Å². The van der Waals surface area contributed by atoms with Gasteiger partial charge in [0.15, 0.2) is 5.75 Å². The van der Waals surface area contributed by atoms with Crippen molar-refractivity contribution < 1.29 is 22.5 Å². The summed E-state index contributed by atoms with van der Waals surface area (Å²) in [4.78, 5) is 9.83. The van der Waals surface area contributed by atoms with Gasteiger partial charge in [-0.3, -0.25) is 14.8 Å². The number of nitro groups is 1. The molecule has 0 amide bonds. The van der Waals surface area contributed by atoms with E-state index in [2.05, 4.69) is 4.72 Å². The summed E-state index contributed by atoms with van der Waals surface area (Å²) in [5, 5.41) is 11.0. The van der Waals surface area contributed by atoms with Crippen LogP contribution in [0.2, 0.25) is 0 Å². The first-order chi connectivity index (χ1) is 10.7. The number of nitro benzene ring substituents is 1. The number of aryl methyl sites for hydroxylation is 1. The van der Waals surface area contributed by atoms with Gasteiger partial charge in [-0.05, 0) is 36.8 Å². The van der Waals surface area contributed by atoms with Crippen LogP contribution in [0.5, 0.6) is 5.75 Å². The Morgan fingerprint density at radius 3 is 2.48 bits per heavy atom. The molecule has 23 heavy (non-hydrogen) atoms. The molecule has 0 saturated heterocycles. The summed E-state index contributed by atoms with van der Waals surface area (Å²) in [5.74, 6) is -0.813. The number of anilines is 1. The van der Waals surface area contributed by atoms with Gasteiger partial charge >= 0.3 is 5.69 Å². The average Bonchev–Trinajstić information content (AvgIpc) is 2.49. The Morgan fingerprint density at radius 2 is 1.91 bits per heavy atom. The number of halogens is 1. The molecule has 0 aliphatic heterocycles. The fourth-order valence-electron chi connectivity index (χ4n) is 1.89. The number of nitrogens with one attached hydrogen (secondary N) is 1. The van der Waals surface area contributed by atoms with Crippen molar-refractivity contribution >= 4 is 21.4 Å². The number of sulfonamides is 1. The molecule has 0 aromatic heterocycles. The predicted molar refractivity (Wildman–Crippen MR) is 81.6 cm³/mol. The third-order valence-electron chi connectivity index (χ3n) is 3.03. The molecule has 2 rings (SSSR count). The van der Waals surface area contributed by atoms with Gasteiger partial charge in [0.05, 0.1) is 22.6 Å². The van der Waals surface area contributed by atoms with Gasteiger partial charge in [-0.2, -0.15) is 0 Å². The molecule has 0 aliphatic carbocycles. The van der Waals surface area contributed by atoms with Crippen LogP contribution in [0.25, 0.3) is 0 Å². The van der Waals surface area contributed by atoms with Crippen molar-refractivity contribution in [1.29, 1.82) is 0 Å². The molecule has 0 radical (unpaired) electrons. The second kappa shape index (κ2) is 6.21. The first-order valence-corrected chi connectivity index (χ1v) is 7.84. The fourth-order valence-corrected chi connectivity index (χ4v) is 2.97. The number of hydrogen-bond donors (Lipinski definition) is 1. The number of ether oxygens (including phenoxy) is 1. The standard InChI is InChI=1S/C14H13FN2O5S/c1-9-3-5-12(11(15)7-9)16-23(20,21)10-4-6-14(22-2)13(8-10)17(18)19/h3-8,16H,1-2H3. The highest BCUT2D eigenvalue weighted by atomic mass is 32.2. The van der Waals surface area contributed by atoms with E-state index in [0.717, 1.165) is 18.2 Å². The molecule has 9 heteroatoms. The third-order valence-corrected chi connectivity index (χ3v) is 4.39. The number of methoxy groups -OCH3 is 1. The Morgan fingerprint density at radius 1 is 1.22 bits per heavy atom. The molecule has 122 valence electrons.